The summed E-state index contributed by atoms with van der Waals surface area (Å²) in [6, 6.07) is 6.44. The van der Waals surface area contributed by atoms with E-state index in [4.69, 9.17) is 0 Å². The molecule has 2 aromatic rings. The fourth-order valence-electron chi connectivity index (χ4n) is 2.34. The third-order valence-electron chi connectivity index (χ3n) is 3.63. The first kappa shape index (κ1) is 24.3. The molecule has 2 N–H and O–H groups in total. The summed E-state index contributed by atoms with van der Waals surface area (Å²) in [5.74, 6) is -0.0902. The summed E-state index contributed by atoms with van der Waals surface area (Å²) < 4.78 is 23.5. The van der Waals surface area contributed by atoms with E-state index in [9.17, 15) is 13.2 Å². The molecule has 0 radical (unpaired) electrons. The first-order valence-corrected chi connectivity index (χ1v) is 12.2. The van der Waals surface area contributed by atoms with Crippen LogP contribution in [0.5, 0.6) is 0 Å². The van der Waals surface area contributed by atoms with Crippen molar-refractivity contribution >= 4 is 32.2 Å². The number of nitrogens with one attached hydrogen (secondary N) is 2. The second kappa shape index (κ2) is 11.9. The van der Waals surface area contributed by atoms with Gasteiger partial charge in [0.05, 0.1) is 22.8 Å². The first-order valence-electron chi connectivity index (χ1n) is 9.70. The van der Waals surface area contributed by atoms with Crippen LogP contribution in [0.15, 0.2) is 29.2 Å². The fraction of sp³-hybridized carbons (Fsp3) is 0.500. The maximum atomic E-state index is 12.1. The number of amides is 1. The molecule has 8 heteroatoms. The standard InChI is InChI=1S/C15H17N3O3S2.C3H8.C2H6/c1-2-23(20,21)11-5-3-10(4-6-11)7-14(19)18-15-17-12-8-16-9-13(12)22-15;1-3-2;1-2/h3-6,16H,2,7-9H2,1H3,(H,17,18,19);3H2,1-2H3;1-2H3. The van der Waals surface area contributed by atoms with Crippen LogP contribution in [0.1, 0.15) is 57.2 Å². The molecule has 0 saturated carbocycles. The Balaban J connectivity index is 0.000000717. The molecule has 6 nitrogen and oxygen atoms in total. The molecule has 1 aromatic heterocycles. The van der Waals surface area contributed by atoms with E-state index in [-0.39, 0.29) is 23.0 Å². The van der Waals surface area contributed by atoms with E-state index >= 15 is 0 Å². The maximum Gasteiger partial charge on any atom is 0.230 e. The highest BCUT2D eigenvalue weighted by molar-refractivity contribution is 7.91. The number of hydrogen-bond donors (Lipinski definition) is 2. The molecular weight excluding hydrogens is 394 g/mol. The molecule has 0 spiro atoms. The largest absolute Gasteiger partial charge is 0.306 e. The summed E-state index contributed by atoms with van der Waals surface area (Å²) in [4.78, 5) is 17.9. The van der Waals surface area contributed by atoms with E-state index in [0.29, 0.717) is 5.13 Å². The number of rotatable bonds is 5. The Hall–Kier alpha value is -1.77. The third kappa shape index (κ3) is 7.00. The van der Waals surface area contributed by atoms with Gasteiger partial charge in [-0.15, -0.1) is 11.3 Å². The van der Waals surface area contributed by atoms with Crippen molar-refractivity contribution in [3.63, 3.8) is 0 Å². The molecule has 0 saturated heterocycles. The SMILES string of the molecule is CC.CCC.CCS(=O)(=O)c1ccc(CC(=O)Nc2nc3c(s2)CNC3)cc1. The molecule has 2 heterocycles. The Morgan fingerprint density at radius 3 is 2.29 bits per heavy atom. The van der Waals surface area contributed by atoms with Gasteiger partial charge in [-0.05, 0) is 17.7 Å². The van der Waals surface area contributed by atoms with E-state index < -0.39 is 9.84 Å². The summed E-state index contributed by atoms with van der Waals surface area (Å²) in [6.07, 6.45) is 1.44. The number of carbonyl (C=O) groups is 1. The number of sulfone groups is 1. The molecule has 0 aliphatic carbocycles. The second-order valence-corrected chi connectivity index (χ2v) is 9.33. The molecule has 1 aliphatic rings. The van der Waals surface area contributed by atoms with Crippen molar-refractivity contribution in [2.45, 2.75) is 65.4 Å². The summed E-state index contributed by atoms with van der Waals surface area (Å²) in [5.41, 5.74) is 1.77. The average Bonchev–Trinajstić information content (AvgIpc) is 3.26. The molecule has 0 unspecified atom stereocenters. The van der Waals surface area contributed by atoms with Crippen LogP contribution in [0.4, 0.5) is 5.13 Å². The molecule has 3 rings (SSSR count). The van der Waals surface area contributed by atoms with Crippen LogP contribution in [0.3, 0.4) is 0 Å². The lowest BCUT2D eigenvalue weighted by atomic mass is 10.1. The van der Waals surface area contributed by atoms with Gasteiger partial charge in [0.2, 0.25) is 5.91 Å². The van der Waals surface area contributed by atoms with Crippen LogP contribution < -0.4 is 10.6 Å². The van der Waals surface area contributed by atoms with Gasteiger partial charge in [-0.25, -0.2) is 13.4 Å². The van der Waals surface area contributed by atoms with Crippen LogP contribution in [-0.4, -0.2) is 25.1 Å². The Kier molecular flexibility index (Phi) is 10.3. The molecular formula is C20H31N3O3S2. The van der Waals surface area contributed by atoms with Gasteiger partial charge >= 0.3 is 0 Å². The predicted octanol–water partition coefficient (Wildman–Crippen LogP) is 4.16. The molecule has 156 valence electrons. The lowest BCUT2D eigenvalue weighted by Gasteiger charge is -2.05. The van der Waals surface area contributed by atoms with Gasteiger partial charge in [0.25, 0.3) is 0 Å². The van der Waals surface area contributed by atoms with Crippen molar-refractivity contribution < 1.29 is 13.2 Å². The number of carbonyl (C=O) groups excluding carboxylic acids is 1. The third-order valence-corrected chi connectivity index (χ3v) is 6.39. The Morgan fingerprint density at radius 1 is 1.14 bits per heavy atom. The summed E-state index contributed by atoms with van der Waals surface area (Å²) in [7, 11) is -3.21. The monoisotopic (exact) mass is 425 g/mol. The van der Waals surface area contributed by atoms with Gasteiger partial charge in [-0.1, -0.05) is 53.2 Å². The van der Waals surface area contributed by atoms with Crippen LogP contribution in [0, 0.1) is 0 Å². The predicted molar refractivity (Wildman–Crippen MR) is 116 cm³/mol. The number of thiazole rings is 1. The average molecular weight is 426 g/mol. The minimum Gasteiger partial charge on any atom is -0.306 e. The molecule has 1 amide bonds. The van der Waals surface area contributed by atoms with E-state index in [1.54, 1.807) is 31.2 Å². The van der Waals surface area contributed by atoms with E-state index in [1.165, 1.54) is 17.8 Å². The molecule has 1 aliphatic heterocycles. The van der Waals surface area contributed by atoms with Crippen LogP contribution in [0.25, 0.3) is 0 Å². The molecule has 0 bridgehead atoms. The Labute approximate surface area is 172 Å². The van der Waals surface area contributed by atoms with Crippen molar-refractivity contribution in [3.8, 4) is 0 Å². The lowest BCUT2D eigenvalue weighted by molar-refractivity contribution is -0.115. The Bertz CT molecular complexity index is 823. The number of fused-ring (bicyclic) bond motifs is 1. The van der Waals surface area contributed by atoms with Crippen LogP contribution in [-0.2, 0) is 34.1 Å². The highest BCUT2D eigenvalue weighted by atomic mass is 32.2. The smallest absolute Gasteiger partial charge is 0.230 e. The first-order chi connectivity index (χ1) is 13.4. The zero-order valence-electron chi connectivity index (χ0n) is 17.3. The van der Waals surface area contributed by atoms with Crippen molar-refractivity contribution in [3.05, 3.63) is 40.4 Å². The van der Waals surface area contributed by atoms with Gasteiger partial charge in [-0.3, -0.25) is 4.79 Å². The summed E-state index contributed by atoms with van der Waals surface area (Å²) in [5, 5.41) is 6.61. The van der Waals surface area contributed by atoms with Crippen molar-refractivity contribution in [1.29, 1.82) is 0 Å². The van der Waals surface area contributed by atoms with Crippen LogP contribution in [0.2, 0.25) is 0 Å². The zero-order chi connectivity index (χ0) is 21.2. The highest BCUT2D eigenvalue weighted by Crippen LogP contribution is 2.26. The van der Waals surface area contributed by atoms with Crippen molar-refractivity contribution in [2.24, 2.45) is 0 Å². The number of hydrogen-bond acceptors (Lipinski definition) is 6. The minimum atomic E-state index is -3.21. The topological polar surface area (TPSA) is 88.2 Å². The van der Waals surface area contributed by atoms with Gasteiger partial charge in [-0.2, -0.15) is 0 Å². The van der Waals surface area contributed by atoms with Crippen LogP contribution >= 0.6 is 11.3 Å². The highest BCUT2D eigenvalue weighted by Gasteiger charge is 2.17. The van der Waals surface area contributed by atoms with E-state index in [0.717, 1.165) is 29.2 Å². The second-order valence-electron chi connectivity index (χ2n) is 5.97. The number of aromatic nitrogens is 1. The molecule has 28 heavy (non-hydrogen) atoms. The van der Waals surface area contributed by atoms with Gasteiger partial charge in [0, 0.05) is 18.0 Å². The van der Waals surface area contributed by atoms with Crippen molar-refractivity contribution in [2.75, 3.05) is 11.1 Å². The quantitative estimate of drug-likeness (QED) is 0.751. The maximum absolute atomic E-state index is 12.1. The lowest BCUT2D eigenvalue weighted by Crippen LogP contribution is -2.14. The molecule has 0 atom stereocenters. The van der Waals surface area contributed by atoms with Gasteiger partial charge in [0.1, 0.15) is 0 Å². The summed E-state index contributed by atoms with van der Waals surface area (Å²) >= 11 is 1.48. The van der Waals surface area contributed by atoms with Gasteiger partial charge in [0.15, 0.2) is 15.0 Å². The number of benzene rings is 1. The van der Waals surface area contributed by atoms with E-state index in [2.05, 4.69) is 29.5 Å². The summed E-state index contributed by atoms with van der Waals surface area (Å²) in [6.45, 7) is 11.4. The van der Waals surface area contributed by atoms with Crippen molar-refractivity contribution in [1.82, 2.24) is 10.3 Å². The minimum absolute atomic E-state index is 0.0659. The number of nitrogens with zero attached hydrogens (tertiary/aromatic N) is 1. The number of anilines is 1. The molecule has 0 fully saturated rings. The Morgan fingerprint density at radius 2 is 1.75 bits per heavy atom. The molecule has 1 aromatic carbocycles. The zero-order valence-corrected chi connectivity index (χ0v) is 19.0. The van der Waals surface area contributed by atoms with Gasteiger partial charge < -0.3 is 10.6 Å². The fourth-order valence-corrected chi connectivity index (χ4v) is 4.19. The normalized spacial score (nSPS) is 12.2. The van der Waals surface area contributed by atoms with E-state index in [1.807, 2.05) is 13.8 Å².